The maximum Gasteiger partial charge on any atom is 0.314 e. The molecule has 3 nitrogen and oxygen atoms in total. The molecule has 0 bridgehead atoms. The zero-order chi connectivity index (χ0) is 14.0. The first-order chi connectivity index (χ1) is 8.19. The molecule has 2 atom stereocenters. The molecule has 0 aromatic rings. The van der Waals surface area contributed by atoms with E-state index >= 15 is 0 Å². The highest BCUT2D eigenvalue weighted by atomic mass is 16.7. The van der Waals surface area contributed by atoms with Crippen LogP contribution in [0.5, 0.6) is 0 Å². The van der Waals surface area contributed by atoms with Gasteiger partial charge < -0.3 is 9.47 Å². The topological polar surface area (TPSA) is 35.5 Å². The van der Waals surface area contributed by atoms with Gasteiger partial charge >= 0.3 is 5.97 Å². The van der Waals surface area contributed by atoms with Crippen LogP contribution in [0.3, 0.4) is 0 Å². The van der Waals surface area contributed by atoms with Gasteiger partial charge in [0.25, 0.3) is 0 Å². The number of ether oxygens (including phenoxy) is 2. The summed E-state index contributed by atoms with van der Waals surface area (Å²) in [7, 11) is 0. The minimum Gasteiger partial charge on any atom is -0.433 e. The van der Waals surface area contributed by atoms with Crippen molar-refractivity contribution in [2.24, 2.45) is 17.3 Å². The standard InChI is InChI=1S/C15H28O3/c1-11(2)10-14(5,12(3)4)13(16)18-15(6)8-7-9-17-15/h11-12H,7-10H2,1-6H3. The van der Waals surface area contributed by atoms with Crippen LogP contribution in [0, 0.1) is 17.3 Å². The molecule has 1 saturated heterocycles. The summed E-state index contributed by atoms with van der Waals surface area (Å²) in [5, 5.41) is 0. The average Bonchev–Trinajstić information content (AvgIpc) is 2.63. The maximum absolute atomic E-state index is 12.5. The van der Waals surface area contributed by atoms with Crippen LogP contribution in [-0.4, -0.2) is 18.4 Å². The lowest BCUT2D eigenvalue weighted by atomic mass is 9.73. The molecular formula is C15H28O3. The Hall–Kier alpha value is -0.570. The molecular weight excluding hydrogens is 228 g/mol. The third-order valence-electron chi connectivity index (χ3n) is 4.06. The predicted octanol–water partition coefficient (Wildman–Crippen LogP) is 3.76. The minimum atomic E-state index is -0.704. The lowest BCUT2D eigenvalue weighted by Crippen LogP contribution is -2.42. The van der Waals surface area contributed by atoms with Crippen molar-refractivity contribution in [3.05, 3.63) is 0 Å². The summed E-state index contributed by atoms with van der Waals surface area (Å²) < 4.78 is 11.2. The second kappa shape index (κ2) is 5.60. The second-order valence-electron chi connectivity index (χ2n) is 6.65. The Labute approximate surface area is 111 Å². The number of hydrogen-bond donors (Lipinski definition) is 0. The van der Waals surface area contributed by atoms with Crippen molar-refractivity contribution in [2.75, 3.05) is 6.61 Å². The van der Waals surface area contributed by atoms with E-state index in [0.29, 0.717) is 12.5 Å². The van der Waals surface area contributed by atoms with Crippen LogP contribution in [-0.2, 0) is 14.3 Å². The van der Waals surface area contributed by atoms with Crippen molar-refractivity contribution in [1.29, 1.82) is 0 Å². The Morgan fingerprint density at radius 1 is 1.39 bits per heavy atom. The van der Waals surface area contributed by atoms with E-state index in [9.17, 15) is 4.79 Å². The normalized spacial score (nSPS) is 27.6. The van der Waals surface area contributed by atoms with Gasteiger partial charge in [0.1, 0.15) is 0 Å². The van der Waals surface area contributed by atoms with Crippen molar-refractivity contribution >= 4 is 5.97 Å². The summed E-state index contributed by atoms with van der Waals surface area (Å²) in [6.07, 6.45) is 2.61. The van der Waals surface area contributed by atoms with Crippen molar-refractivity contribution in [3.63, 3.8) is 0 Å². The van der Waals surface area contributed by atoms with Gasteiger partial charge in [-0.1, -0.05) is 27.7 Å². The van der Waals surface area contributed by atoms with Gasteiger partial charge in [0.15, 0.2) is 0 Å². The lowest BCUT2D eigenvalue weighted by Gasteiger charge is -2.36. The molecule has 1 aliphatic heterocycles. The fourth-order valence-electron chi connectivity index (χ4n) is 2.55. The Morgan fingerprint density at radius 2 is 2.00 bits per heavy atom. The van der Waals surface area contributed by atoms with Gasteiger partial charge in [-0.25, -0.2) is 0 Å². The third-order valence-corrected chi connectivity index (χ3v) is 4.06. The van der Waals surface area contributed by atoms with Crippen LogP contribution in [0.2, 0.25) is 0 Å². The zero-order valence-corrected chi connectivity index (χ0v) is 12.7. The predicted molar refractivity (Wildman–Crippen MR) is 72.1 cm³/mol. The molecule has 1 fully saturated rings. The molecule has 0 amide bonds. The molecule has 0 aromatic heterocycles. The SMILES string of the molecule is CC(C)CC(C)(C(=O)OC1(C)CCCO1)C(C)C. The smallest absolute Gasteiger partial charge is 0.314 e. The fraction of sp³-hybridized carbons (Fsp3) is 0.933. The quantitative estimate of drug-likeness (QED) is 0.702. The van der Waals surface area contributed by atoms with Crippen LogP contribution in [0.25, 0.3) is 0 Å². The van der Waals surface area contributed by atoms with Gasteiger partial charge in [-0.05, 0) is 31.6 Å². The van der Waals surface area contributed by atoms with E-state index in [1.807, 2.05) is 13.8 Å². The van der Waals surface area contributed by atoms with E-state index in [4.69, 9.17) is 9.47 Å². The minimum absolute atomic E-state index is 0.115. The van der Waals surface area contributed by atoms with Crippen LogP contribution in [0.15, 0.2) is 0 Å². The number of carbonyl (C=O) groups excluding carboxylic acids is 1. The summed E-state index contributed by atoms with van der Waals surface area (Å²) in [4.78, 5) is 12.5. The lowest BCUT2D eigenvalue weighted by molar-refractivity contribution is -0.218. The average molecular weight is 256 g/mol. The molecule has 18 heavy (non-hydrogen) atoms. The Balaban J connectivity index is 2.76. The van der Waals surface area contributed by atoms with Gasteiger partial charge in [0, 0.05) is 13.3 Å². The van der Waals surface area contributed by atoms with Crippen LogP contribution >= 0.6 is 0 Å². The molecule has 0 saturated carbocycles. The van der Waals surface area contributed by atoms with Gasteiger partial charge in [0.2, 0.25) is 5.79 Å². The van der Waals surface area contributed by atoms with Gasteiger partial charge in [-0.2, -0.15) is 0 Å². The molecule has 3 heteroatoms. The van der Waals surface area contributed by atoms with E-state index in [-0.39, 0.29) is 11.9 Å². The first-order valence-corrected chi connectivity index (χ1v) is 7.07. The van der Waals surface area contributed by atoms with E-state index < -0.39 is 11.2 Å². The Bertz CT molecular complexity index is 290. The van der Waals surface area contributed by atoms with Gasteiger partial charge in [-0.3, -0.25) is 4.79 Å². The molecule has 1 aliphatic rings. The molecule has 1 rings (SSSR count). The highest BCUT2D eigenvalue weighted by Crippen LogP contribution is 2.38. The summed E-state index contributed by atoms with van der Waals surface area (Å²) in [6.45, 7) is 13.0. The van der Waals surface area contributed by atoms with Gasteiger partial charge in [-0.15, -0.1) is 0 Å². The molecule has 0 aliphatic carbocycles. The summed E-state index contributed by atoms with van der Waals surface area (Å²) in [5.41, 5.74) is -0.427. The second-order valence-corrected chi connectivity index (χ2v) is 6.65. The molecule has 0 radical (unpaired) electrons. The van der Waals surface area contributed by atoms with Crippen LogP contribution < -0.4 is 0 Å². The van der Waals surface area contributed by atoms with Crippen LogP contribution in [0.4, 0.5) is 0 Å². The molecule has 1 heterocycles. The zero-order valence-electron chi connectivity index (χ0n) is 12.7. The van der Waals surface area contributed by atoms with E-state index in [2.05, 4.69) is 27.7 Å². The van der Waals surface area contributed by atoms with Crippen molar-refractivity contribution in [2.45, 2.75) is 66.6 Å². The number of carbonyl (C=O) groups is 1. The number of esters is 1. The summed E-state index contributed by atoms with van der Waals surface area (Å²) >= 11 is 0. The summed E-state index contributed by atoms with van der Waals surface area (Å²) in [5.74, 6) is -0.0835. The van der Waals surface area contributed by atoms with E-state index in [1.54, 1.807) is 0 Å². The highest BCUT2D eigenvalue weighted by molar-refractivity contribution is 5.77. The monoisotopic (exact) mass is 256 g/mol. The Kier molecular flexibility index (Phi) is 4.82. The summed E-state index contributed by atoms with van der Waals surface area (Å²) in [6, 6.07) is 0. The molecule has 0 aromatic carbocycles. The molecule has 0 spiro atoms. The van der Waals surface area contributed by atoms with Crippen molar-refractivity contribution < 1.29 is 14.3 Å². The van der Waals surface area contributed by atoms with Crippen LogP contribution in [0.1, 0.15) is 60.8 Å². The van der Waals surface area contributed by atoms with Crippen molar-refractivity contribution in [1.82, 2.24) is 0 Å². The molecule has 106 valence electrons. The number of hydrogen-bond acceptors (Lipinski definition) is 3. The van der Waals surface area contributed by atoms with Gasteiger partial charge in [0.05, 0.1) is 12.0 Å². The molecule has 2 unspecified atom stereocenters. The first-order valence-electron chi connectivity index (χ1n) is 7.07. The molecule has 0 N–H and O–H groups in total. The Morgan fingerprint density at radius 3 is 2.39 bits per heavy atom. The van der Waals surface area contributed by atoms with E-state index in [0.717, 1.165) is 19.3 Å². The maximum atomic E-state index is 12.5. The van der Waals surface area contributed by atoms with Crippen molar-refractivity contribution in [3.8, 4) is 0 Å². The largest absolute Gasteiger partial charge is 0.433 e. The number of rotatable bonds is 5. The van der Waals surface area contributed by atoms with E-state index in [1.165, 1.54) is 0 Å². The highest BCUT2D eigenvalue weighted by Gasteiger charge is 2.43. The fourth-order valence-corrected chi connectivity index (χ4v) is 2.55. The first kappa shape index (κ1) is 15.5. The third kappa shape index (κ3) is 3.47.